The summed E-state index contributed by atoms with van der Waals surface area (Å²) in [4.78, 5) is 12.2. The van der Waals surface area contributed by atoms with Crippen LogP contribution >= 0.6 is 24.0 Å². The molecule has 0 amide bonds. The van der Waals surface area contributed by atoms with Gasteiger partial charge in [-0.3, -0.25) is 4.79 Å². The third kappa shape index (κ3) is 3.93. The molecule has 0 aromatic rings. The predicted octanol–water partition coefficient (Wildman–Crippen LogP) is 0.421. The third-order valence-corrected chi connectivity index (χ3v) is 3.10. The standard InChI is InChI=1S/C7H11NO3S2/c9-6(10)5-13-7(12)8-1-3-11-4-2-8/h1-5H2,(H,9,10). The van der Waals surface area contributed by atoms with Gasteiger partial charge in [0.15, 0.2) is 0 Å². The van der Waals surface area contributed by atoms with Gasteiger partial charge in [0.05, 0.1) is 19.0 Å². The van der Waals surface area contributed by atoms with Crippen LogP contribution in [0.1, 0.15) is 0 Å². The number of carbonyl (C=O) groups is 1. The van der Waals surface area contributed by atoms with E-state index in [0.29, 0.717) is 17.5 Å². The van der Waals surface area contributed by atoms with Crippen LogP contribution in [-0.4, -0.2) is 52.4 Å². The third-order valence-electron chi connectivity index (χ3n) is 1.59. The van der Waals surface area contributed by atoms with Gasteiger partial charge < -0.3 is 14.7 Å². The highest BCUT2D eigenvalue weighted by atomic mass is 32.2. The lowest BCUT2D eigenvalue weighted by Gasteiger charge is -2.28. The first kappa shape index (κ1) is 10.7. The molecule has 1 fully saturated rings. The number of thiocarbonyl (C=S) groups is 1. The van der Waals surface area contributed by atoms with Gasteiger partial charge in [-0.2, -0.15) is 0 Å². The van der Waals surface area contributed by atoms with Crippen LogP contribution in [0.2, 0.25) is 0 Å². The molecule has 1 rings (SSSR count). The lowest BCUT2D eigenvalue weighted by molar-refractivity contribution is -0.133. The largest absolute Gasteiger partial charge is 0.481 e. The zero-order valence-electron chi connectivity index (χ0n) is 7.06. The number of hydrogen-bond acceptors (Lipinski definition) is 4. The van der Waals surface area contributed by atoms with E-state index in [-0.39, 0.29) is 5.75 Å². The fourth-order valence-electron chi connectivity index (χ4n) is 0.961. The Bertz CT molecular complexity index is 204. The van der Waals surface area contributed by atoms with Gasteiger partial charge in [0.1, 0.15) is 4.32 Å². The van der Waals surface area contributed by atoms with Crippen molar-refractivity contribution in [2.24, 2.45) is 0 Å². The van der Waals surface area contributed by atoms with E-state index in [1.54, 1.807) is 0 Å². The molecule has 0 aromatic carbocycles. The quantitative estimate of drug-likeness (QED) is 0.682. The summed E-state index contributed by atoms with van der Waals surface area (Å²) in [6, 6.07) is 0. The minimum absolute atomic E-state index is 0.0379. The normalized spacial score (nSPS) is 17.1. The Morgan fingerprint density at radius 2 is 2.15 bits per heavy atom. The summed E-state index contributed by atoms with van der Waals surface area (Å²) in [6.45, 7) is 2.89. The van der Waals surface area contributed by atoms with Crippen LogP contribution < -0.4 is 0 Å². The molecule has 1 aliphatic rings. The van der Waals surface area contributed by atoms with Crippen LogP contribution in [0, 0.1) is 0 Å². The highest BCUT2D eigenvalue weighted by molar-refractivity contribution is 8.23. The van der Waals surface area contributed by atoms with E-state index in [9.17, 15) is 4.79 Å². The molecule has 1 heterocycles. The van der Waals surface area contributed by atoms with E-state index in [0.717, 1.165) is 13.1 Å². The smallest absolute Gasteiger partial charge is 0.313 e. The van der Waals surface area contributed by atoms with E-state index >= 15 is 0 Å². The SMILES string of the molecule is O=C(O)CSC(=S)N1CCOCC1. The molecular weight excluding hydrogens is 210 g/mol. The Morgan fingerprint density at radius 3 is 2.69 bits per heavy atom. The maximum absolute atomic E-state index is 10.3. The van der Waals surface area contributed by atoms with Gasteiger partial charge >= 0.3 is 5.97 Å². The molecule has 0 aromatic heterocycles. The highest BCUT2D eigenvalue weighted by Crippen LogP contribution is 2.10. The fraction of sp³-hybridized carbons (Fsp3) is 0.714. The topological polar surface area (TPSA) is 49.8 Å². The zero-order chi connectivity index (χ0) is 9.68. The Balaban J connectivity index is 2.25. The Morgan fingerprint density at radius 1 is 1.54 bits per heavy atom. The Hall–Kier alpha value is -0.330. The molecule has 0 saturated carbocycles. The van der Waals surface area contributed by atoms with Crippen molar-refractivity contribution in [3.63, 3.8) is 0 Å². The van der Waals surface area contributed by atoms with Crippen LogP contribution in [-0.2, 0) is 9.53 Å². The van der Waals surface area contributed by atoms with Gasteiger partial charge in [0.2, 0.25) is 0 Å². The number of morpholine rings is 1. The predicted molar refractivity (Wildman–Crippen MR) is 55.1 cm³/mol. The first-order valence-electron chi connectivity index (χ1n) is 3.91. The monoisotopic (exact) mass is 221 g/mol. The van der Waals surface area contributed by atoms with E-state index in [1.807, 2.05) is 4.90 Å². The molecule has 0 unspecified atom stereocenters. The number of thioether (sulfide) groups is 1. The molecule has 13 heavy (non-hydrogen) atoms. The molecule has 0 aliphatic carbocycles. The highest BCUT2D eigenvalue weighted by Gasteiger charge is 2.14. The number of carboxylic acids is 1. The van der Waals surface area contributed by atoms with E-state index in [4.69, 9.17) is 22.1 Å². The van der Waals surface area contributed by atoms with Crippen LogP contribution in [0.4, 0.5) is 0 Å². The van der Waals surface area contributed by atoms with E-state index < -0.39 is 5.97 Å². The zero-order valence-corrected chi connectivity index (χ0v) is 8.70. The second kappa shape index (κ2) is 5.41. The van der Waals surface area contributed by atoms with Crippen LogP contribution in [0.3, 0.4) is 0 Å². The average molecular weight is 221 g/mol. The van der Waals surface area contributed by atoms with Crippen LogP contribution in [0.25, 0.3) is 0 Å². The fourth-order valence-corrected chi connectivity index (χ4v) is 1.93. The number of aliphatic carboxylic acids is 1. The molecule has 1 aliphatic heterocycles. The Kier molecular flexibility index (Phi) is 4.47. The van der Waals surface area contributed by atoms with Crippen molar-refractivity contribution < 1.29 is 14.6 Å². The minimum atomic E-state index is -0.833. The molecule has 0 atom stereocenters. The van der Waals surface area contributed by atoms with Gasteiger partial charge in [-0.25, -0.2) is 0 Å². The molecule has 74 valence electrons. The van der Waals surface area contributed by atoms with Crippen molar-refractivity contribution in [1.82, 2.24) is 4.90 Å². The summed E-state index contributed by atoms with van der Waals surface area (Å²) in [5, 5.41) is 8.44. The van der Waals surface area contributed by atoms with Gasteiger partial charge in [-0.05, 0) is 0 Å². The molecule has 0 bridgehead atoms. The molecule has 0 spiro atoms. The summed E-state index contributed by atoms with van der Waals surface area (Å²) in [5.41, 5.74) is 0. The molecule has 4 nitrogen and oxygen atoms in total. The number of rotatable bonds is 2. The number of nitrogens with zero attached hydrogens (tertiary/aromatic N) is 1. The second-order valence-corrected chi connectivity index (χ2v) is 4.16. The number of hydrogen-bond donors (Lipinski definition) is 1. The molecule has 1 N–H and O–H groups in total. The summed E-state index contributed by atoms with van der Waals surface area (Å²) in [6.07, 6.45) is 0. The average Bonchev–Trinajstić information content (AvgIpc) is 2.15. The maximum atomic E-state index is 10.3. The lowest BCUT2D eigenvalue weighted by atomic mass is 10.5. The van der Waals surface area contributed by atoms with Crippen molar-refractivity contribution in [1.29, 1.82) is 0 Å². The van der Waals surface area contributed by atoms with Crippen LogP contribution in [0.5, 0.6) is 0 Å². The summed E-state index contributed by atoms with van der Waals surface area (Å²) in [7, 11) is 0. The first-order chi connectivity index (χ1) is 6.20. The molecular formula is C7H11NO3S2. The van der Waals surface area contributed by atoms with Gasteiger partial charge in [0.25, 0.3) is 0 Å². The molecule has 6 heteroatoms. The summed E-state index contributed by atoms with van der Waals surface area (Å²) in [5.74, 6) is -0.795. The van der Waals surface area contributed by atoms with Crippen molar-refractivity contribution >= 4 is 34.3 Å². The maximum Gasteiger partial charge on any atom is 0.313 e. The van der Waals surface area contributed by atoms with Crippen molar-refractivity contribution in [3.05, 3.63) is 0 Å². The minimum Gasteiger partial charge on any atom is -0.481 e. The lowest BCUT2D eigenvalue weighted by Crippen LogP contribution is -2.38. The summed E-state index contributed by atoms with van der Waals surface area (Å²) >= 11 is 6.26. The van der Waals surface area contributed by atoms with Crippen molar-refractivity contribution in [3.8, 4) is 0 Å². The molecule has 1 saturated heterocycles. The molecule has 0 radical (unpaired) electrons. The van der Waals surface area contributed by atoms with Gasteiger partial charge in [-0.15, -0.1) is 0 Å². The number of ether oxygens (including phenoxy) is 1. The summed E-state index contributed by atoms with van der Waals surface area (Å²) < 4.78 is 5.81. The van der Waals surface area contributed by atoms with Crippen molar-refractivity contribution in [2.45, 2.75) is 0 Å². The van der Waals surface area contributed by atoms with Gasteiger partial charge in [0, 0.05) is 13.1 Å². The number of carboxylic acid groups (broad SMARTS) is 1. The van der Waals surface area contributed by atoms with E-state index in [1.165, 1.54) is 11.8 Å². The van der Waals surface area contributed by atoms with Gasteiger partial charge in [-0.1, -0.05) is 24.0 Å². The first-order valence-corrected chi connectivity index (χ1v) is 5.31. The Labute approximate surface area is 86.2 Å². The second-order valence-electron chi connectivity index (χ2n) is 2.55. The van der Waals surface area contributed by atoms with E-state index in [2.05, 4.69) is 0 Å². The van der Waals surface area contributed by atoms with Crippen molar-refractivity contribution in [2.75, 3.05) is 32.1 Å². The van der Waals surface area contributed by atoms with Crippen LogP contribution in [0.15, 0.2) is 0 Å².